The highest BCUT2D eigenvalue weighted by atomic mass is 16.1. The number of aryl methyl sites for hydroxylation is 1. The van der Waals surface area contributed by atoms with Crippen LogP contribution in [-0.4, -0.2) is 10.9 Å². The highest BCUT2D eigenvalue weighted by molar-refractivity contribution is 6.13. The van der Waals surface area contributed by atoms with Crippen LogP contribution >= 0.6 is 0 Å². The third-order valence-electron chi connectivity index (χ3n) is 5.32. The minimum Gasteiger partial charge on any atom is -0.322 e. The van der Waals surface area contributed by atoms with Gasteiger partial charge in [-0.1, -0.05) is 78.4 Å². The van der Waals surface area contributed by atoms with Gasteiger partial charge in [0, 0.05) is 16.6 Å². The Labute approximate surface area is 175 Å². The first-order valence-electron chi connectivity index (χ1n) is 9.94. The van der Waals surface area contributed by atoms with Gasteiger partial charge in [0.1, 0.15) is 0 Å². The number of carbonyl (C=O) groups excluding carboxylic acids is 1. The van der Waals surface area contributed by atoms with Crippen molar-refractivity contribution in [1.29, 1.82) is 0 Å². The van der Waals surface area contributed by atoms with Gasteiger partial charge in [0.05, 0.1) is 16.8 Å². The van der Waals surface area contributed by atoms with Crippen molar-refractivity contribution in [1.82, 2.24) is 4.98 Å². The molecule has 0 fully saturated rings. The van der Waals surface area contributed by atoms with E-state index in [-0.39, 0.29) is 5.91 Å². The quantitative estimate of drug-likeness (QED) is 0.377. The largest absolute Gasteiger partial charge is 0.322 e. The van der Waals surface area contributed by atoms with Crippen molar-refractivity contribution < 1.29 is 4.79 Å². The summed E-state index contributed by atoms with van der Waals surface area (Å²) in [6.07, 6.45) is 0. The summed E-state index contributed by atoms with van der Waals surface area (Å²) >= 11 is 0. The average molecular weight is 388 g/mol. The number of nitrogens with zero attached hydrogens (tertiary/aromatic N) is 1. The monoisotopic (exact) mass is 388 g/mol. The lowest BCUT2D eigenvalue weighted by molar-refractivity contribution is 0.102. The fraction of sp³-hybridized carbons (Fsp3) is 0.0370. The average Bonchev–Trinajstić information content (AvgIpc) is 2.78. The number of carbonyl (C=O) groups is 1. The number of hydrogen-bond donors (Lipinski definition) is 1. The molecule has 0 aliphatic carbocycles. The number of aromatic nitrogens is 1. The molecule has 1 amide bonds. The molecule has 1 aromatic heterocycles. The Hall–Kier alpha value is -3.98. The van der Waals surface area contributed by atoms with Crippen LogP contribution in [-0.2, 0) is 0 Å². The Kier molecular flexibility index (Phi) is 4.49. The summed E-state index contributed by atoms with van der Waals surface area (Å²) in [7, 11) is 0. The molecule has 1 N–H and O–H groups in total. The Morgan fingerprint density at radius 1 is 0.767 bits per heavy atom. The minimum atomic E-state index is -0.141. The van der Waals surface area contributed by atoms with E-state index in [4.69, 9.17) is 4.98 Å². The van der Waals surface area contributed by atoms with E-state index in [2.05, 4.69) is 30.4 Å². The first-order chi connectivity index (χ1) is 14.7. The van der Waals surface area contributed by atoms with E-state index in [1.165, 1.54) is 5.56 Å². The Morgan fingerprint density at radius 2 is 1.50 bits per heavy atom. The zero-order chi connectivity index (χ0) is 20.5. The molecule has 0 atom stereocenters. The molecule has 144 valence electrons. The number of nitrogens with one attached hydrogen (secondary N) is 1. The molecule has 4 aromatic carbocycles. The SMILES string of the molecule is Cc1ccc(-c2cc(C(=O)Nc3ccc4ccccc4c3)c3ccccc3n2)cc1. The third-order valence-corrected chi connectivity index (χ3v) is 5.32. The van der Waals surface area contributed by atoms with Gasteiger partial charge >= 0.3 is 0 Å². The number of amides is 1. The van der Waals surface area contributed by atoms with Gasteiger partial charge in [0.25, 0.3) is 5.91 Å². The van der Waals surface area contributed by atoms with Gasteiger partial charge in [0.15, 0.2) is 0 Å². The lowest BCUT2D eigenvalue weighted by atomic mass is 10.0. The molecule has 1 heterocycles. The van der Waals surface area contributed by atoms with E-state index in [9.17, 15) is 4.79 Å². The number of anilines is 1. The molecule has 0 aliphatic rings. The van der Waals surface area contributed by atoms with Gasteiger partial charge < -0.3 is 5.32 Å². The van der Waals surface area contributed by atoms with Crippen molar-refractivity contribution in [2.24, 2.45) is 0 Å². The smallest absolute Gasteiger partial charge is 0.256 e. The maximum atomic E-state index is 13.3. The highest BCUT2D eigenvalue weighted by Crippen LogP contribution is 2.26. The van der Waals surface area contributed by atoms with Gasteiger partial charge in [-0.2, -0.15) is 0 Å². The number of para-hydroxylation sites is 1. The fourth-order valence-electron chi connectivity index (χ4n) is 3.70. The summed E-state index contributed by atoms with van der Waals surface area (Å²) in [5.74, 6) is -0.141. The van der Waals surface area contributed by atoms with Crippen LogP contribution < -0.4 is 5.32 Å². The predicted octanol–water partition coefficient (Wildman–Crippen LogP) is 6.62. The Morgan fingerprint density at radius 3 is 2.33 bits per heavy atom. The van der Waals surface area contributed by atoms with Crippen molar-refractivity contribution in [3.05, 3.63) is 108 Å². The summed E-state index contributed by atoms with van der Waals surface area (Å²) < 4.78 is 0. The molecule has 0 bridgehead atoms. The molecular weight excluding hydrogens is 368 g/mol. The number of benzene rings is 4. The molecule has 0 spiro atoms. The van der Waals surface area contributed by atoms with Gasteiger partial charge in [-0.25, -0.2) is 4.98 Å². The number of hydrogen-bond acceptors (Lipinski definition) is 2. The van der Waals surface area contributed by atoms with Gasteiger partial charge in [0.2, 0.25) is 0 Å². The summed E-state index contributed by atoms with van der Waals surface area (Å²) in [5.41, 5.74) is 5.16. The standard InChI is InChI=1S/C27H20N2O/c1-18-10-12-20(13-11-18)26-17-24(23-8-4-5-9-25(23)29-26)27(30)28-22-15-14-19-6-2-3-7-21(19)16-22/h2-17H,1H3,(H,28,30). The van der Waals surface area contributed by atoms with E-state index in [0.29, 0.717) is 5.56 Å². The Balaban J connectivity index is 1.57. The van der Waals surface area contributed by atoms with Crippen LogP contribution in [0.3, 0.4) is 0 Å². The zero-order valence-electron chi connectivity index (χ0n) is 16.6. The topological polar surface area (TPSA) is 42.0 Å². The van der Waals surface area contributed by atoms with Crippen LogP contribution in [0.25, 0.3) is 32.9 Å². The van der Waals surface area contributed by atoms with E-state index in [0.717, 1.165) is 38.6 Å². The molecule has 3 heteroatoms. The minimum absolute atomic E-state index is 0.141. The summed E-state index contributed by atoms with van der Waals surface area (Å²) in [5, 5.41) is 6.14. The third kappa shape index (κ3) is 3.42. The predicted molar refractivity (Wildman–Crippen MR) is 124 cm³/mol. The highest BCUT2D eigenvalue weighted by Gasteiger charge is 2.14. The molecule has 30 heavy (non-hydrogen) atoms. The fourth-order valence-corrected chi connectivity index (χ4v) is 3.70. The lowest BCUT2D eigenvalue weighted by Gasteiger charge is -2.11. The van der Waals surface area contributed by atoms with Crippen LogP contribution in [0.5, 0.6) is 0 Å². The second-order valence-electron chi connectivity index (χ2n) is 7.45. The molecule has 0 unspecified atom stereocenters. The lowest BCUT2D eigenvalue weighted by Crippen LogP contribution is -2.13. The maximum Gasteiger partial charge on any atom is 0.256 e. The van der Waals surface area contributed by atoms with Crippen LogP contribution in [0, 0.1) is 6.92 Å². The van der Waals surface area contributed by atoms with Crippen LogP contribution in [0.1, 0.15) is 15.9 Å². The number of fused-ring (bicyclic) bond motifs is 2. The molecule has 0 radical (unpaired) electrons. The van der Waals surface area contributed by atoms with Gasteiger partial charge in [-0.3, -0.25) is 4.79 Å². The van der Waals surface area contributed by atoms with Crippen LogP contribution in [0.15, 0.2) is 97.1 Å². The van der Waals surface area contributed by atoms with Crippen molar-refractivity contribution in [3.8, 4) is 11.3 Å². The van der Waals surface area contributed by atoms with E-state index >= 15 is 0 Å². The number of rotatable bonds is 3. The van der Waals surface area contributed by atoms with Crippen molar-refractivity contribution >= 4 is 33.3 Å². The van der Waals surface area contributed by atoms with Crippen molar-refractivity contribution in [3.63, 3.8) is 0 Å². The summed E-state index contributed by atoms with van der Waals surface area (Å²) in [6, 6.07) is 31.9. The summed E-state index contributed by atoms with van der Waals surface area (Å²) in [4.78, 5) is 18.0. The van der Waals surface area contributed by atoms with Gasteiger partial charge in [-0.05, 0) is 42.0 Å². The van der Waals surface area contributed by atoms with E-state index in [1.807, 2.05) is 78.9 Å². The second-order valence-corrected chi connectivity index (χ2v) is 7.45. The first-order valence-corrected chi connectivity index (χ1v) is 9.94. The molecule has 0 aliphatic heterocycles. The molecule has 0 saturated heterocycles. The summed E-state index contributed by atoms with van der Waals surface area (Å²) in [6.45, 7) is 2.06. The molecule has 0 saturated carbocycles. The number of pyridine rings is 1. The van der Waals surface area contributed by atoms with Crippen LogP contribution in [0.2, 0.25) is 0 Å². The molecule has 5 rings (SSSR count). The van der Waals surface area contributed by atoms with Crippen molar-refractivity contribution in [2.45, 2.75) is 6.92 Å². The maximum absolute atomic E-state index is 13.3. The Bertz CT molecular complexity index is 1390. The zero-order valence-corrected chi connectivity index (χ0v) is 16.6. The van der Waals surface area contributed by atoms with Gasteiger partial charge in [-0.15, -0.1) is 0 Å². The van der Waals surface area contributed by atoms with E-state index in [1.54, 1.807) is 0 Å². The second kappa shape index (κ2) is 7.45. The normalized spacial score (nSPS) is 11.0. The molecular formula is C27H20N2O. The first kappa shape index (κ1) is 18.1. The van der Waals surface area contributed by atoms with Crippen LogP contribution in [0.4, 0.5) is 5.69 Å². The van der Waals surface area contributed by atoms with Crippen molar-refractivity contribution in [2.75, 3.05) is 5.32 Å². The molecule has 3 nitrogen and oxygen atoms in total. The molecule has 5 aromatic rings. The van der Waals surface area contributed by atoms with E-state index < -0.39 is 0 Å².